The first kappa shape index (κ1) is 23.7. The second kappa shape index (κ2) is 11.0. The Balaban J connectivity index is 2.09. The minimum Gasteiger partial charge on any atom is -0.497 e. The molecule has 0 radical (unpaired) electrons. The van der Waals surface area contributed by atoms with Crippen LogP contribution in [0.1, 0.15) is 35.8 Å². The molecule has 0 aliphatic heterocycles. The number of hydrogen-bond acceptors (Lipinski definition) is 6. The number of benzene rings is 1. The highest BCUT2D eigenvalue weighted by molar-refractivity contribution is 7.07. The molecule has 0 bridgehead atoms. The van der Waals surface area contributed by atoms with E-state index in [-0.39, 0.29) is 23.8 Å². The monoisotopic (exact) mass is 433 g/mol. The zero-order valence-electron chi connectivity index (χ0n) is 18.4. The second-order valence-electron chi connectivity index (χ2n) is 7.58. The van der Waals surface area contributed by atoms with Crippen molar-refractivity contribution in [1.82, 2.24) is 15.5 Å². The summed E-state index contributed by atoms with van der Waals surface area (Å²) >= 11 is 1.63. The fraction of sp³-hybridized carbons (Fsp3) is 0.455. The van der Waals surface area contributed by atoms with Crippen molar-refractivity contribution in [3.05, 3.63) is 46.2 Å². The number of methoxy groups -OCH3 is 2. The van der Waals surface area contributed by atoms with E-state index in [0.29, 0.717) is 23.6 Å². The maximum Gasteiger partial charge on any atom is 0.252 e. The molecule has 1 heterocycles. The molecule has 0 aliphatic carbocycles. The first-order valence-electron chi connectivity index (χ1n) is 9.77. The fourth-order valence-electron chi connectivity index (χ4n) is 3.07. The molecular formula is C22H31N3O4S. The van der Waals surface area contributed by atoms with Crippen LogP contribution in [0.15, 0.2) is 35.0 Å². The molecule has 8 heteroatoms. The molecular weight excluding hydrogens is 402 g/mol. The van der Waals surface area contributed by atoms with Gasteiger partial charge in [-0.3, -0.25) is 9.59 Å². The van der Waals surface area contributed by atoms with E-state index in [2.05, 4.69) is 27.0 Å². The first-order valence-corrected chi connectivity index (χ1v) is 10.7. The summed E-state index contributed by atoms with van der Waals surface area (Å²) in [5, 5.41) is 9.94. The number of likely N-dealkylation sites (N-methyl/N-ethyl adjacent to an activating group) is 1. The molecule has 7 nitrogen and oxygen atoms in total. The van der Waals surface area contributed by atoms with Crippen LogP contribution in [0.5, 0.6) is 11.5 Å². The lowest BCUT2D eigenvalue weighted by atomic mass is 10.0. The molecule has 2 unspecified atom stereocenters. The number of nitrogens with one attached hydrogen (secondary N) is 2. The summed E-state index contributed by atoms with van der Waals surface area (Å²) in [6, 6.07) is 6.37. The third-order valence-electron chi connectivity index (χ3n) is 4.87. The van der Waals surface area contributed by atoms with Crippen molar-refractivity contribution in [2.24, 2.45) is 5.92 Å². The van der Waals surface area contributed by atoms with E-state index in [4.69, 9.17) is 9.47 Å². The van der Waals surface area contributed by atoms with Gasteiger partial charge in [0.25, 0.3) is 5.91 Å². The average molecular weight is 434 g/mol. The van der Waals surface area contributed by atoms with Gasteiger partial charge in [0.15, 0.2) is 0 Å². The van der Waals surface area contributed by atoms with Gasteiger partial charge in [0.2, 0.25) is 5.91 Å². The number of thiophene rings is 1. The van der Waals surface area contributed by atoms with Crippen LogP contribution < -0.4 is 20.1 Å². The Kier molecular flexibility index (Phi) is 8.68. The van der Waals surface area contributed by atoms with Crippen LogP contribution in [-0.2, 0) is 4.79 Å². The molecule has 2 aromatic rings. The van der Waals surface area contributed by atoms with Gasteiger partial charge >= 0.3 is 0 Å². The van der Waals surface area contributed by atoms with Crippen LogP contribution in [0, 0.1) is 5.92 Å². The SMILES string of the molecule is COc1cc(OC)cc(C(=O)NC(C(=O)NCC(c2ccsc2)N(C)C)C(C)C)c1. The third kappa shape index (κ3) is 6.21. The minimum absolute atomic E-state index is 0.0614. The minimum atomic E-state index is -0.667. The molecule has 0 aliphatic rings. The summed E-state index contributed by atoms with van der Waals surface area (Å²) in [6.07, 6.45) is 0. The van der Waals surface area contributed by atoms with Crippen molar-refractivity contribution in [2.75, 3.05) is 34.9 Å². The topological polar surface area (TPSA) is 79.9 Å². The van der Waals surface area contributed by atoms with Crippen molar-refractivity contribution in [1.29, 1.82) is 0 Å². The van der Waals surface area contributed by atoms with E-state index in [0.717, 1.165) is 5.56 Å². The predicted octanol–water partition coefficient (Wildman–Crippen LogP) is 2.94. The molecule has 0 saturated heterocycles. The maximum atomic E-state index is 12.9. The highest BCUT2D eigenvalue weighted by Gasteiger charge is 2.26. The number of carbonyl (C=O) groups is 2. The van der Waals surface area contributed by atoms with E-state index in [9.17, 15) is 9.59 Å². The summed E-state index contributed by atoms with van der Waals surface area (Å²) in [6.45, 7) is 4.26. The normalized spacial score (nSPS) is 13.1. The van der Waals surface area contributed by atoms with Gasteiger partial charge in [-0.05, 0) is 54.5 Å². The Morgan fingerprint density at radius 1 is 1.10 bits per heavy atom. The molecule has 0 fully saturated rings. The van der Waals surface area contributed by atoms with Crippen LogP contribution >= 0.6 is 11.3 Å². The van der Waals surface area contributed by atoms with Gasteiger partial charge in [-0.2, -0.15) is 11.3 Å². The molecule has 2 amide bonds. The van der Waals surface area contributed by atoms with E-state index < -0.39 is 6.04 Å². The maximum absolute atomic E-state index is 12.9. The van der Waals surface area contributed by atoms with E-state index in [1.807, 2.05) is 33.3 Å². The zero-order valence-corrected chi connectivity index (χ0v) is 19.2. The predicted molar refractivity (Wildman–Crippen MR) is 119 cm³/mol. The molecule has 2 atom stereocenters. The number of carbonyl (C=O) groups excluding carboxylic acids is 2. The Morgan fingerprint density at radius 3 is 2.20 bits per heavy atom. The van der Waals surface area contributed by atoms with E-state index in [1.165, 1.54) is 14.2 Å². The molecule has 1 aromatic carbocycles. The van der Waals surface area contributed by atoms with Crippen molar-refractivity contribution in [2.45, 2.75) is 25.9 Å². The first-order chi connectivity index (χ1) is 14.3. The fourth-order valence-corrected chi connectivity index (χ4v) is 3.78. The molecule has 2 N–H and O–H groups in total. The zero-order chi connectivity index (χ0) is 22.3. The van der Waals surface area contributed by atoms with Crippen LogP contribution in [-0.4, -0.2) is 57.6 Å². The van der Waals surface area contributed by atoms with Gasteiger partial charge < -0.3 is 25.0 Å². The van der Waals surface area contributed by atoms with Gasteiger partial charge in [0, 0.05) is 18.2 Å². The Labute approximate surface area is 182 Å². The smallest absolute Gasteiger partial charge is 0.252 e. The Hall–Kier alpha value is -2.58. The lowest BCUT2D eigenvalue weighted by molar-refractivity contribution is -0.124. The highest BCUT2D eigenvalue weighted by Crippen LogP contribution is 2.23. The van der Waals surface area contributed by atoms with Crippen molar-refractivity contribution in [3.8, 4) is 11.5 Å². The van der Waals surface area contributed by atoms with Crippen molar-refractivity contribution < 1.29 is 19.1 Å². The van der Waals surface area contributed by atoms with Gasteiger partial charge in [-0.1, -0.05) is 13.8 Å². The summed E-state index contributed by atoms with van der Waals surface area (Å²) < 4.78 is 10.5. The Morgan fingerprint density at radius 2 is 1.73 bits per heavy atom. The lowest BCUT2D eigenvalue weighted by Crippen LogP contribution is -2.51. The summed E-state index contributed by atoms with van der Waals surface area (Å²) in [5.41, 5.74) is 1.52. The van der Waals surface area contributed by atoms with Gasteiger partial charge in [0.05, 0.1) is 20.3 Å². The molecule has 30 heavy (non-hydrogen) atoms. The number of rotatable bonds is 10. The molecule has 1 aromatic heterocycles. The highest BCUT2D eigenvalue weighted by atomic mass is 32.1. The van der Waals surface area contributed by atoms with Crippen molar-refractivity contribution in [3.63, 3.8) is 0 Å². The number of ether oxygens (including phenoxy) is 2. The molecule has 0 saturated carbocycles. The summed E-state index contributed by atoms with van der Waals surface area (Å²) in [5.74, 6) is 0.364. The van der Waals surface area contributed by atoms with E-state index >= 15 is 0 Å². The summed E-state index contributed by atoms with van der Waals surface area (Å²) in [4.78, 5) is 27.8. The Bertz CT molecular complexity index is 815. The van der Waals surface area contributed by atoms with Gasteiger partial charge in [0.1, 0.15) is 17.5 Å². The molecule has 0 spiro atoms. The van der Waals surface area contributed by atoms with Crippen LogP contribution in [0.3, 0.4) is 0 Å². The summed E-state index contributed by atoms with van der Waals surface area (Å²) in [7, 11) is 7.00. The van der Waals surface area contributed by atoms with Crippen LogP contribution in [0.25, 0.3) is 0 Å². The number of hydrogen-bond donors (Lipinski definition) is 2. The quantitative estimate of drug-likeness (QED) is 0.602. The lowest BCUT2D eigenvalue weighted by Gasteiger charge is -2.27. The standard InChI is InChI=1S/C22H31N3O4S/c1-14(2)20(22(27)23-12-19(25(3)4)15-7-8-30-13-15)24-21(26)16-9-17(28-5)11-18(10-16)29-6/h7-11,13-14,19-20H,12H2,1-6H3,(H,23,27)(H,24,26). The number of amides is 2. The van der Waals surface area contributed by atoms with Gasteiger partial charge in [-0.15, -0.1) is 0 Å². The molecule has 164 valence electrons. The third-order valence-corrected chi connectivity index (χ3v) is 5.57. The van der Waals surface area contributed by atoms with Crippen LogP contribution in [0.4, 0.5) is 0 Å². The van der Waals surface area contributed by atoms with Gasteiger partial charge in [-0.25, -0.2) is 0 Å². The number of nitrogens with zero attached hydrogens (tertiary/aromatic N) is 1. The van der Waals surface area contributed by atoms with Crippen LogP contribution in [0.2, 0.25) is 0 Å². The second-order valence-corrected chi connectivity index (χ2v) is 8.36. The van der Waals surface area contributed by atoms with E-state index in [1.54, 1.807) is 29.5 Å². The average Bonchev–Trinajstić information content (AvgIpc) is 3.25. The largest absolute Gasteiger partial charge is 0.497 e. The van der Waals surface area contributed by atoms with Crippen molar-refractivity contribution >= 4 is 23.2 Å². The molecule has 2 rings (SSSR count).